The van der Waals surface area contributed by atoms with Crippen molar-refractivity contribution >= 4 is 19.3 Å². The summed E-state index contributed by atoms with van der Waals surface area (Å²) in [5.41, 5.74) is 0. The van der Waals surface area contributed by atoms with E-state index in [9.17, 15) is 9.59 Å². The van der Waals surface area contributed by atoms with E-state index in [0.717, 1.165) is 0 Å². The minimum Gasteiger partial charge on any atom is -0.832 e. The smallest absolute Gasteiger partial charge is 0.832 e. The zero-order valence-electron chi connectivity index (χ0n) is 10.9. The summed E-state index contributed by atoms with van der Waals surface area (Å²) in [4.78, 5) is 19.9. The van der Waals surface area contributed by atoms with E-state index < -0.39 is 19.3 Å². The summed E-state index contributed by atoms with van der Waals surface area (Å²) >= 11 is 0. The van der Waals surface area contributed by atoms with Crippen LogP contribution in [0.5, 0.6) is 0 Å². The Labute approximate surface area is 161 Å². The van der Waals surface area contributed by atoms with Crippen LogP contribution in [0.25, 0.3) is 0 Å². The second kappa shape index (κ2) is 12.8. The van der Waals surface area contributed by atoms with Gasteiger partial charge in [-0.1, -0.05) is 0 Å². The molecule has 2 rings (SSSR count). The molecule has 0 aromatic carbocycles. The van der Waals surface area contributed by atoms with Gasteiger partial charge in [0.1, 0.15) is 0 Å². The number of hydrogen-bond donors (Lipinski definition) is 4. The molecule has 0 aliphatic carbocycles. The van der Waals surface area contributed by atoms with Gasteiger partial charge in [0.05, 0.1) is 12.5 Å². The predicted molar refractivity (Wildman–Crippen MR) is 61.5 cm³/mol. The summed E-state index contributed by atoms with van der Waals surface area (Å²) in [5, 5.41) is 39.1. The Morgan fingerprint density at radius 2 is 1.24 bits per heavy atom. The van der Waals surface area contributed by atoms with Gasteiger partial charge >= 0.3 is 70.6 Å². The minimum absolute atomic E-state index is 0. The Morgan fingerprint density at radius 1 is 0.952 bits per heavy atom. The van der Waals surface area contributed by atoms with Gasteiger partial charge in [-0.05, 0) is 24.3 Å². The Morgan fingerprint density at radius 3 is 1.33 bits per heavy atom. The molecule has 0 aliphatic rings. The molecular weight excluding hydrogens is 314 g/mol. The number of rotatable bonds is 2. The molecule has 0 saturated carbocycles. The van der Waals surface area contributed by atoms with E-state index in [-0.39, 0.29) is 62.9 Å². The van der Waals surface area contributed by atoms with Crippen molar-refractivity contribution in [3.05, 3.63) is 48.3 Å². The summed E-state index contributed by atoms with van der Waals surface area (Å²) in [7, 11) is -2.42. The molecule has 0 bridgehead atoms. The van der Waals surface area contributed by atoms with Crippen LogP contribution in [0.15, 0.2) is 45.6 Å². The average molecular weight is 324 g/mol. The largest absolute Gasteiger partial charge is 1.00 e. The van der Waals surface area contributed by atoms with Gasteiger partial charge in [0.2, 0.25) is 11.5 Å². The van der Waals surface area contributed by atoms with Gasteiger partial charge in [0.15, 0.2) is 0 Å². The van der Waals surface area contributed by atoms with E-state index in [2.05, 4.69) is 8.83 Å². The normalized spacial score (nSPS) is 8.14. The number of furan rings is 2. The zero-order valence-corrected chi connectivity index (χ0v) is 14.0. The maximum absolute atomic E-state index is 9.97. The van der Waals surface area contributed by atoms with Gasteiger partial charge in [-0.3, -0.25) is 0 Å². The zero-order chi connectivity index (χ0) is 15.5. The third kappa shape index (κ3) is 12.5. The molecule has 0 fully saturated rings. The first-order valence-electron chi connectivity index (χ1n) is 4.90. The van der Waals surface area contributed by atoms with Crippen molar-refractivity contribution in [2.45, 2.75) is 0 Å². The molecule has 0 spiro atoms. The fourth-order valence-corrected chi connectivity index (χ4v) is 0.800. The third-order valence-electron chi connectivity index (χ3n) is 1.46. The van der Waals surface area contributed by atoms with Crippen molar-refractivity contribution in [3.63, 3.8) is 0 Å². The van der Waals surface area contributed by atoms with Gasteiger partial charge in [0, 0.05) is 0 Å². The summed E-state index contributed by atoms with van der Waals surface area (Å²) in [6, 6.07) is 5.84. The molecule has 0 unspecified atom stereocenters. The topological polar surface area (TPSA) is 164 Å². The van der Waals surface area contributed by atoms with E-state index in [1.807, 2.05) is 0 Å². The molecule has 4 N–H and O–H groups in total. The van der Waals surface area contributed by atoms with Crippen LogP contribution in [0.4, 0.5) is 0 Å². The van der Waals surface area contributed by atoms with E-state index >= 15 is 0 Å². The third-order valence-corrected chi connectivity index (χ3v) is 1.46. The molecule has 9 nitrogen and oxygen atoms in total. The molecule has 0 aliphatic heterocycles. The van der Waals surface area contributed by atoms with Gasteiger partial charge < -0.3 is 34.1 Å². The summed E-state index contributed by atoms with van der Waals surface area (Å²) in [5.74, 6) is -2.11. The number of carbonyl (C=O) groups is 2. The van der Waals surface area contributed by atoms with Crippen molar-refractivity contribution in [1.82, 2.24) is 0 Å². The molecule has 2 aromatic rings. The van der Waals surface area contributed by atoms with Gasteiger partial charge in [0.25, 0.3) is 0 Å². The first kappa shape index (κ1) is 22.4. The van der Waals surface area contributed by atoms with Crippen molar-refractivity contribution in [3.8, 4) is 0 Å². The quantitative estimate of drug-likeness (QED) is 0.406. The Kier molecular flexibility index (Phi) is 13.6. The SMILES string of the molecule is O=C(O)c1ccco1.O=C(O)c1ccco1.[K+].[O-]B(O)O. The molecular formula is C10H10BKO9. The molecule has 2 heterocycles. The Hall–Kier alpha value is -0.919. The van der Waals surface area contributed by atoms with E-state index in [4.69, 9.17) is 25.3 Å². The van der Waals surface area contributed by atoms with Crippen LogP contribution in [0.2, 0.25) is 0 Å². The van der Waals surface area contributed by atoms with Crippen LogP contribution in [0, 0.1) is 0 Å². The Bertz CT molecular complexity index is 448. The first-order valence-corrected chi connectivity index (χ1v) is 4.90. The van der Waals surface area contributed by atoms with Crippen molar-refractivity contribution in [2.24, 2.45) is 0 Å². The number of carboxylic acid groups (broad SMARTS) is 2. The maximum atomic E-state index is 9.97. The van der Waals surface area contributed by atoms with Crippen LogP contribution in [0.1, 0.15) is 21.1 Å². The summed E-state index contributed by atoms with van der Waals surface area (Å²) in [6.07, 6.45) is 2.65. The van der Waals surface area contributed by atoms with Crippen LogP contribution in [-0.4, -0.2) is 39.5 Å². The average Bonchev–Trinajstić information content (AvgIpc) is 3.03. The molecule has 11 heteroatoms. The van der Waals surface area contributed by atoms with Crippen molar-refractivity contribution < 1.29 is 95.1 Å². The molecule has 108 valence electrons. The van der Waals surface area contributed by atoms with E-state index in [1.165, 1.54) is 36.8 Å². The van der Waals surface area contributed by atoms with Crippen LogP contribution in [-0.2, 0) is 0 Å². The number of hydrogen-bond acceptors (Lipinski definition) is 7. The van der Waals surface area contributed by atoms with Crippen molar-refractivity contribution in [1.29, 1.82) is 0 Å². The monoisotopic (exact) mass is 324 g/mol. The second-order valence-electron chi connectivity index (χ2n) is 2.89. The van der Waals surface area contributed by atoms with E-state index in [1.54, 1.807) is 0 Å². The summed E-state index contributed by atoms with van der Waals surface area (Å²) in [6.45, 7) is 0. The Balaban J connectivity index is 0. The number of aromatic carboxylic acids is 2. The van der Waals surface area contributed by atoms with Gasteiger partial charge in [-0.2, -0.15) is 0 Å². The maximum Gasteiger partial charge on any atom is 1.00 e. The van der Waals surface area contributed by atoms with Crippen LogP contribution in [0.3, 0.4) is 0 Å². The first-order chi connectivity index (χ1) is 9.34. The van der Waals surface area contributed by atoms with Gasteiger partial charge in [-0.15, -0.1) is 0 Å². The van der Waals surface area contributed by atoms with Crippen LogP contribution < -0.4 is 56.4 Å². The molecule has 2 aromatic heterocycles. The van der Waals surface area contributed by atoms with E-state index in [0.29, 0.717) is 0 Å². The van der Waals surface area contributed by atoms with Gasteiger partial charge in [-0.25, -0.2) is 9.59 Å². The molecule has 0 amide bonds. The second-order valence-corrected chi connectivity index (χ2v) is 2.89. The molecule has 21 heavy (non-hydrogen) atoms. The fourth-order valence-electron chi connectivity index (χ4n) is 0.800. The molecule has 0 atom stereocenters. The number of carboxylic acids is 2. The predicted octanol–water partition coefficient (Wildman–Crippen LogP) is -3.72. The standard InChI is InChI=1S/2C5H4O3.BH2O3.K/c2*6-5(7)4-2-1-3-8-4;2-1(3)4;/h2*1-3H,(H,6,7);2-3H;/q;;-1;+1. The summed E-state index contributed by atoms with van der Waals surface area (Å²) < 4.78 is 8.99. The van der Waals surface area contributed by atoms with Crippen molar-refractivity contribution in [2.75, 3.05) is 0 Å². The molecule has 0 saturated heterocycles. The van der Waals surface area contributed by atoms with Crippen LogP contribution >= 0.6 is 0 Å². The fraction of sp³-hybridized carbons (Fsp3) is 0. The minimum atomic E-state index is -2.42. The molecule has 0 radical (unpaired) electrons.